The summed E-state index contributed by atoms with van der Waals surface area (Å²) in [4.78, 5) is 39.5. The molecule has 1 aliphatic heterocycles. The lowest BCUT2D eigenvalue weighted by Crippen LogP contribution is -2.30. The van der Waals surface area contributed by atoms with Crippen LogP contribution in [0.1, 0.15) is 6.42 Å². The van der Waals surface area contributed by atoms with Crippen LogP contribution in [-0.4, -0.2) is 111 Å². The van der Waals surface area contributed by atoms with Gasteiger partial charge in [-0.2, -0.15) is 4.98 Å². The normalized spacial score (nSPS) is 15.1. The van der Waals surface area contributed by atoms with Crippen LogP contribution < -0.4 is 20.3 Å². The van der Waals surface area contributed by atoms with Crippen LogP contribution in [0.5, 0.6) is 11.5 Å². The number of hydrogen-bond donors (Lipinski definition) is 1. The second-order valence-electron chi connectivity index (χ2n) is 10.4. The number of rotatable bonds is 14. The highest BCUT2D eigenvalue weighted by atomic mass is 35.5. The van der Waals surface area contributed by atoms with Crippen molar-refractivity contribution in [2.75, 3.05) is 80.1 Å². The van der Waals surface area contributed by atoms with Gasteiger partial charge in [0, 0.05) is 62.6 Å². The number of likely N-dealkylation sites (N-methyl/N-ethyl adjacent to an activating group) is 1. The Morgan fingerprint density at radius 1 is 1.14 bits per heavy atom. The largest absolute Gasteiger partial charge is 0.495 e. The standard InChI is InChI=1S/C30H38Cl2N6O6/c1-36(2)10-6-7-24(39)37-11-8-20(18-37)44-14-12-38-28-19(17-34-30(35-28)33-9-13-41-3)15-21(29(38)40)25-26(31)22(42-4)16-23(43-5)27(25)32/h6-7,15-17,20H,8-14,18H2,1-5H3,(H,33,34,35)/b7-6+. The van der Waals surface area contributed by atoms with E-state index in [-0.39, 0.29) is 51.9 Å². The fourth-order valence-electron chi connectivity index (χ4n) is 4.86. The van der Waals surface area contributed by atoms with E-state index in [1.807, 2.05) is 25.1 Å². The molecule has 1 atom stereocenters. The molecule has 4 rings (SSSR count). The Balaban J connectivity index is 1.64. The number of fused-ring (bicyclic) bond motifs is 1. The molecule has 3 heterocycles. The maximum Gasteiger partial charge on any atom is 0.260 e. The quantitative estimate of drug-likeness (QED) is 0.205. The third-order valence-corrected chi connectivity index (χ3v) is 7.87. The first-order valence-electron chi connectivity index (χ1n) is 14.1. The Morgan fingerprint density at radius 3 is 2.52 bits per heavy atom. The van der Waals surface area contributed by atoms with Crippen molar-refractivity contribution in [2.45, 2.75) is 19.1 Å². The number of likely N-dealkylation sites (tertiary alicyclic amines) is 1. The summed E-state index contributed by atoms with van der Waals surface area (Å²) in [6, 6.07) is 3.22. The van der Waals surface area contributed by atoms with E-state index >= 15 is 0 Å². The third kappa shape index (κ3) is 7.80. The molecule has 0 radical (unpaired) electrons. The second kappa shape index (κ2) is 15.5. The number of aromatic nitrogens is 3. The van der Waals surface area contributed by atoms with Crippen molar-refractivity contribution in [2.24, 2.45) is 0 Å². The molecular weight excluding hydrogens is 611 g/mol. The highest BCUT2D eigenvalue weighted by Gasteiger charge is 2.26. The monoisotopic (exact) mass is 648 g/mol. The molecule has 0 bridgehead atoms. The van der Waals surface area contributed by atoms with Crippen molar-refractivity contribution < 1.29 is 23.7 Å². The molecule has 1 fully saturated rings. The summed E-state index contributed by atoms with van der Waals surface area (Å²) >= 11 is 13.4. The minimum atomic E-state index is -0.379. The van der Waals surface area contributed by atoms with Gasteiger partial charge >= 0.3 is 0 Å². The van der Waals surface area contributed by atoms with Gasteiger partial charge in [0.25, 0.3) is 5.56 Å². The fourth-order valence-corrected chi connectivity index (χ4v) is 5.57. The average molecular weight is 650 g/mol. The number of amides is 1. The van der Waals surface area contributed by atoms with Gasteiger partial charge in [-0.15, -0.1) is 0 Å². The Labute approximate surface area is 266 Å². The maximum absolute atomic E-state index is 14.1. The summed E-state index contributed by atoms with van der Waals surface area (Å²) in [5.41, 5.74) is 0.542. The van der Waals surface area contributed by atoms with E-state index in [2.05, 4.69) is 15.3 Å². The predicted molar refractivity (Wildman–Crippen MR) is 171 cm³/mol. The lowest BCUT2D eigenvalue weighted by molar-refractivity contribution is -0.125. The van der Waals surface area contributed by atoms with E-state index in [9.17, 15) is 9.59 Å². The van der Waals surface area contributed by atoms with Gasteiger partial charge in [0.2, 0.25) is 11.9 Å². The Hall–Kier alpha value is -3.42. The molecule has 238 valence electrons. The van der Waals surface area contributed by atoms with Crippen LogP contribution in [-0.2, 0) is 20.8 Å². The van der Waals surface area contributed by atoms with Crippen molar-refractivity contribution in [3.63, 3.8) is 0 Å². The molecule has 2 aromatic heterocycles. The van der Waals surface area contributed by atoms with Crippen LogP contribution in [0, 0.1) is 0 Å². The molecule has 1 aromatic carbocycles. The lowest BCUT2D eigenvalue weighted by Gasteiger charge is -2.18. The molecule has 44 heavy (non-hydrogen) atoms. The molecule has 1 amide bonds. The summed E-state index contributed by atoms with van der Waals surface area (Å²) in [5, 5.41) is 4.04. The van der Waals surface area contributed by atoms with Crippen molar-refractivity contribution in [1.29, 1.82) is 0 Å². The van der Waals surface area contributed by atoms with Crippen LogP contribution in [0.25, 0.3) is 22.2 Å². The first-order chi connectivity index (χ1) is 21.2. The van der Waals surface area contributed by atoms with Crippen LogP contribution in [0.4, 0.5) is 5.95 Å². The van der Waals surface area contributed by atoms with Crippen LogP contribution >= 0.6 is 23.2 Å². The molecule has 1 saturated heterocycles. The van der Waals surface area contributed by atoms with Gasteiger partial charge in [-0.1, -0.05) is 29.3 Å². The Morgan fingerprint density at radius 2 is 1.86 bits per heavy atom. The first kappa shape index (κ1) is 33.5. The third-order valence-electron chi connectivity index (χ3n) is 7.12. The number of methoxy groups -OCH3 is 3. The van der Waals surface area contributed by atoms with Crippen LogP contribution in [0.3, 0.4) is 0 Å². The number of benzene rings is 1. The summed E-state index contributed by atoms with van der Waals surface area (Å²) in [6.45, 7) is 3.11. The van der Waals surface area contributed by atoms with E-state index in [0.717, 1.165) is 0 Å². The van der Waals surface area contributed by atoms with E-state index in [1.54, 1.807) is 36.4 Å². The van der Waals surface area contributed by atoms with Gasteiger partial charge in [-0.25, -0.2) is 4.98 Å². The average Bonchev–Trinajstić information content (AvgIpc) is 3.48. The van der Waals surface area contributed by atoms with Gasteiger partial charge < -0.3 is 34.1 Å². The molecule has 14 heteroatoms. The highest BCUT2D eigenvalue weighted by Crippen LogP contribution is 2.45. The zero-order chi connectivity index (χ0) is 31.8. The van der Waals surface area contributed by atoms with Crippen LogP contribution in [0.15, 0.2) is 35.3 Å². The van der Waals surface area contributed by atoms with Gasteiger partial charge in [-0.3, -0.25) is 14.2 Å². The molecule has 3 aromatic rings. The fraction of sp³-hybridized carbons (Fsp3) is 0.467. The molecule has 0 spiro atoms. The van der Waals surface area contributed by atoms with Crippen molar-refractivity contribution in [1.82, 2.24) is 24.3 Å². The molecule has 0 aliphatic carbocycles. The number of anilines is 1. The number of pyridine rings is 1. The van der Waals surface area contributed by atoms with E-state index in [1.165, 1.54) is 18.8 Å². The SMILES string of the molecule is COCCNc1ncc2cc(-c3c(Cl)c(OC)cc(OC)c3Cl)c(=O)n(CCOC3CCN(C(=O)/C=C/CN(C)C)C3)c2n1. The second-order valence-corrected chi connectivity index (χ2v) is 11.2. The number of hydrogen-bond acceptors (Lipinski definition) is 10. The highest BCUT2D eigenvalue weighted by molar-refractivity contribution is 6.41. The zero-order valence-corrected chi connectivity index (χ0v) is 27.1. The van der Waals surface area contributed by atoms with Crippen LogP contribution in [0.2, 0.25) is 10.0 Å². The summed E-state index contributed by atoms with van der Waals surface area (Å²) < 4.78 is 23.6. The predicted octanol–water partition coefficient (Wildman–Crippen LogP) is 3.58. The number of carbonyl (C=O) groups is 1. The van der Waals surface area contributed by atoms with Gasteiger partial charge in [0.05, 0.1) is 55.7 Å². The van der Waals surface area contributed by atoms with Crippen molar-refractivity contribution in [3.8, 4) is 22.6 Å². The molecule has 12 nitrogen and oxygen atoms in total. The Bertz CT molecular complexity index is 1540. The lowest BCUT2D eigenvalue weighted by atomic mass is 10.0. The molecular formula is C30H38Cl2N6O6. The summed E-state index contributed by atoms with van der Waals surface area (Å²) in [6.07, 6.45) is 5.62. The van der Waals surface area contributed by atoms with Gasteiger partial charge in [0.15, 0.2) is 0 Å². The van der Waals surface area contributed by atoms with E-state index in [0.29, 0.717) is 67.7 Å². The number of halogens is 2. The van der Waals surface area contributed by atoms with Crippen molar-refractivity contribution in [3.05, 3.63) is 50.9 Å². The topological polar surface area (TPSA) is 120 Å². The molecule has 1 unspecified atom stereocenters. The summed E-state index contributed by atoms with van der Waals surface area (Å²) in [7, 11) is 8.43. The van der Waals surface area contributed by atoms with Gasteiger partial charge in [0.1, 0.15) is 17.1 Å². The molecule has 1 aliphatic rings. The van der Waals surface area contributed by atoms with Crippen molar-refractivity contribution >= 4 is 46.1 Å². The number of nitrogens with zero attached hydrogens (tertiary/aromatic N) is 5. The number of nitrogens with one attached hydrogen (secondary N) is 1. The molecule has 1 N–H and O–H groups in total. The van der Waals surface area contributed by atoms with E-state index in [4.69, 9.17) is 42.1 Å². The zero-order valence-electron chi connectivity index (χ0n) is 25.6. The van der Waals surface area contributed by atoms with E-state index < -0.39 is 0 Å². The Kier molecular flexibility index (Phi) is 11.8. The summed E-state index contributed by atoms with van der Waals surface area (Å²) in [5.74, 6) is 0.926. The minimum Gasteiger partial charge on any atom is -0.495 e. The smallest absolute Gasteiger partial charge is 0.260 e. The number of ether oxygens (including phenoxy) is 4. The molecule has 0 saturated carbocycles. The minimum absolute atomic E-state index is 0.0412. The number of carbonyl (C=O) groups excluding carboxylic acids is 1. The maximum atomic E-state index is 14.1. The van der Waals surface area contributed by atoms with Gasteiger partial charge in [-0.05, 0) is 26.6 Å². The first-order valence-corrected chi connectivity index (χ1v) is 14.9.